The Hall–Kier alpha value is -0.120. The first-order chi connectivity index (χ1) is 5.33. The molecule has 1 aliphatic rings. The molecule has 1 aliphatic heterocycles. The van der Waals surface area contributed by atoms with Crippen LogP contribution in [0.2, 0.25) is 0 Å². The van der Waals surface area contributed by atoms with E-state index in [2.05, 4.69) is 11.8 Å². The van der Waals surface area contributed by atoms with E-state index < -0.39 is 0 Å². The van der Waals surface area contributed by atoms with Gasteiger partial charge >= 0.3 is 0 Å². The zero-order valence-electron chi connectivity index (χ0n) is 7.25. The number of ether oxygens (including phenoxy) is 1. The largest absolute Gasteiger partial charge is 0.379 e. The van der Waals surface area contributed by atoms with E-state index in [-0.39, 0.29) is 0 Å². The van der Waals surface area contributed by atoms with Crippen LogP contribution in [0, 0.1) is 0 Å². The van der Waals surface area contributed by atoms with Crippen molar-refractivity contribution in [1.82, 2.24) is 4.90 Å². The fraction of sp³-hybridized carbons (Fsp3) is 1.00. The molecule has 1 heterocycles. The summed E-state index contributed by atoms with van der Waals surface area (Å²) in [6, 6.07) is 0.341. The van der Waals surface area contributed by atoms with Gasteiger partial charge in [0.25, 0.3) is 0 Å². The third-order valence-electron chi connectivity index (χ3n) is 2.12. The highest BCUT2D eigenvalue weighted by Gasteiger charge is 2.12. The van der Waals surface area contributed by atoms with Crippen LogP contribution in [0.5, 0.6) is 0 Å². The van der Waals surface area contributed by atoms with E-state index in [0.717, 1.165) is 39.3 Å². The van der Waals surface area contributed by atoms with E-state index >= 15 is 0 Å². The van der Waals surface area contributed by atoms with Crippen molar-refractivity contribution in [3.8, 4) is 0 Å². The molecule has 66 valence electrons. The lowest BCUT2D eigenvalue weighted by atomic mass is 10.2. The van der Waals surface area contributed by atoms with Crippen LogP contribution in [-0.4, -0.2) is 43.8 Å². The highest BCUT2D eigenvalue weighted by Crippen LogP contribution is 1.98. The average Bonchev–Trinajstić information content (AvgIpc) is 2.06. The van der Waals surface area contributed by atoms with E-state index in [1.54, 1.807) is 0 Å². The first kappa shape index (κ1) is 8.97. The minimum absolute atomic E-state index is 0.341. The van der Waals surface area contributed by atoms with Crippen LogP contribution in [-0.2, 0) is 4.74 Å². The van der Waals surface area contributed by atoms with Crippen molar-refractivity contribution in [2.75, 3.05) is 32.8 Å². The standard InChI is InChI=1S/C8H18N2O/c1-2-8(9)7-10-3-5-11-6-4-10/h8H,2-7,9H2,1H3/t8-/m0/s1. The summed E-state index contributed by atoms with van der Waals surface area (Å²) in [5.74, 6) is 0. The van der Waals surface area contributed by atoms with Gasteiger partial charge in [0.1, 0.15) is 0 Å². The van der Waals surface area contributed by atoms with Crippen molar-refractivity contribution in [1.29, 1.82) is 0 Å². The maximum Gasteiger partial charge on any atom is 0.0594 e. The number of hydrogen-bond acceptors (Lipinski definition) is 3. The normalized spacial score (nSPS) is 23.5. The van der Waals surface area contributed by atoms with Gasteiger partial charge in [0.2, 0.25) is 0 Å². The Labute approximate surface area is 68.5 Å². The van der Waals surface area contributed by atoms with Crippen molar-refractivity contribution in [3.63, 3.8) is 0 Å². The molecule has 1 atom stereocenters. The molecule has 0 aliphatic carbocycles. The van der Waals surface area contributed by atoms with Gasteiger partial charge in [0.15, 0.2) is 0 Å². The molecule has 3 heteroatoms. The summed E-state index contributed by atoms with van der Waals surface area (Å²) < 4.78 is 5.23. The second-order valence-electron chi connectivity index (χ2n) is 3.08. The maximum absolute atomic E-state index is 5.82. The molecule has 0 aromatic rings. The fourth-order valence-corrected chi connectivity index (χ4v) is 1.24. The monoisotopic (exact) mass is 158 g/mol. The van der Waals surface area contributed by atoms with Crippen molar-refractivity contribution >= 4 is 0 Å². The topological polar surface area (TPSA) is 38.5 Å². The smallest absolute Gasteiger partial charge is 0.0594 e. The Morgan fingerprint density at radius 3 is 2.64 bits per heavy atom. The fourth-order valence-electron chi connectivity index (χ4n) is 1.24. The van der Waals surface area contributed by atoms with Gasteiger partial charge in [0.05, 0.1) is 13.2 Å². The predicted molar refractivity (Wildman–Crippen MR) is 45.5 cm³/mol. The summed E-state index contributed by atoms with van der Waals surface area (Å²) >= 11 is 0. The third-order valence-corrected chi connectivity index (χ3v) is 2.12. The van der Waals surface area contributed by atoms with Crippen molar-refractivity contribution in [3.05, 3.63) is 0 Å². The lowest BCUT2D eigenvalue weighted by Crippen LogP contribution is -2.43. The molecule has 11 heavy (non-hydrogen) atoms. The second kappa shape index (κ2) is 4.70. The highest BCUT2D eigenvalue weighted by atomic mass is 16.5. The minimum atomic E-state index is 0.341. The molecule has 2 N–H and O–H groups in total. The molecule has 1 saturated heterocycles. The summed E-state index contributed by atoms with van der Waals surface area (Å²) in [6.45, 7) is 7.00. The molecule has 0 saturated carbocycles. The predicted octanol–water partition coefficient (Wildman–Crippen LogP) is 0.0559. The van der Waals surface area contributed by atoms with Gasteiger partial charge in [-0.1, -0.05) is 6.92 Å². The lowest BCUT2D eigenvalue weighted by molar-refractivity contribution is 0.0352. The third kappa shape index (κ3) is 3.18. The van der Waals surface area contributed by atoms with E-state index in [0.29, 0.717) is 6.04 Å². The summed E-state index contributed by atoms with van der Waals surface area (Å²) in [5, 5.41) is 0. The molecule has 0 radical (unpaired) electrons. The summed E-state index contributed by atoms with van der Waals surface area (Å²) in [5.41, 5.74) is 5.82. The molecule has 1 fully saturated rings. The molecule has 0 amide bonds. The molecular formula is C8H18N2O. The zero-order valence-corrected chi connectivity index (χ0v) is 7.25. The van der Waals surface area contributed by atoms with Gasteiger partial charge in [-0.15, -0.1) is 0 Å². The number of nitrogens with two attached hydrogens (primary N) is 1. The minimum Gasteiger partial charge on any atom is -0.379 e. The van der Waals surface area contributed by atoms with Gasteiger partial charge in [-0.2, -0.15) is 0 Å². The number of rotatable bonds is 3. The van der Waals surface area contributed by atoms with Crippen molar-refractivity contribution in [2.45, 2.75) is 19.4 Å². The lowest BCUT2D eigenvalue weighted by Gasteiger charge is -2.28. The molecule has 0 aromatic heterocycles. The van der Waals surface area contributed by atoms with E-state index in [4.69, 9.17) is 10.5 Å². The quantitative estimate of drug-likeness (QED) is 0.631. The Balaban J connectivity index is 2.13. The SMILES string of the molecule is CC[C@H](N)CN1CCOCC1. The number of nitrogens with zero attached hydrogens (tertiary/aromatic N) is 1. The molecular weight excluding hydrogens is 140 g/mol. The Morgan fingerprint density at radius 2 is 2.09 bits per heavy atom. The van der Waals surface area contributed by atoms with Crippen LogP contribution >= 0.6 is 0 Å². The summed E-state index contributed by atoms with van der Waals surface area (Å²) in [4.78, 5) is 2.37. The number of hydrogen-bond donors (Lipinski definition) is 1. The average molecular weight is 158 g/mol. The summed E-state index contributed by atoms with van der Waals surface area (Å²) in [6.07, 6.45) is 1.07. The Kier molecular flexibility index (Phi) is 3.83. The van der Waals surface area contributed by atoms with E-state index in [1.165, 1.54) is 0 Å². The molecule has 3 nitrogen and oxygen atoms in total. The molecule has 0 spiro atoms. The van der Waals surface area contributed by atoms with Gasteiger partial charge in [-0.25, -0.2) is 0 Å². The molecule has 0 aromatic carbocycles. The van der Waals surface area contributed by atoms with Gasteiger partial charge in [-0.05, 0) is 6.42 Å². The van der Waals surface area contributed by atoms with Crippen LogP contribution < -0.4 is 5.73 Å². The Bertz CT molecular complexity index is 102. The molecule has 1 rings (SSSR count). The zero-order chi connectivity index (χ0) is 8.10. The van der Waals surface area contributed by atoms with Gasteiger partial charge < -0.3 is 10.5 Å². The first-order valence-electron chi connectivity index (χ1n) is 4.38. The second-order valence-corrected chi connectivity index (χ2v) is 3.08. The van der Waals surface area contributed by atoms with Crippen LogP contribution in [0.3, 0.4) is 0 Å². The summed E-state index contributed by atoms with van der Waals surface area (Å²) in [7, 11) is 0. The van der Waals surface area contributed by atoms with E-state index in [1.807, 2.05) is 0 Å². The molecule has 0 bridgehead atoms. The van der Waals surface area contributed by atoms with Crippen LogP contribution in [0.4, 0.5) is 0 Å². The van der Waals surface area contributed by atoms with E-state index in [9.17, 15) is 0 Å². The van der Waals surface area contributed by atoms with Crippen LogP contribution in [0.15, 0.2) is 0 Å². The maximum atomic E-state index is 5.82. The molecule has 0 unspecified atom stereocenters. The highest BCUT2D eigenvalue weighted by molar-refractivity contribution is 4.68. The van der Waals surface area contributed by atoms with Gasteiger partial charge in [0, 0.05) is 25.7 Å². The van der Waals surface area contributed by atoms with Crippen LogP contribution in [0.1, 0.15) is 13.3 Å². The van der Waals surface area contributed by atoms with Crippen molar-refractivity contribution in [2.24, 2.45) is 5.73 Å². The van der Waals surface area contributed by atoms with Gasteiger partial charge in [-0.3, -0.25) is 4.90 Å². The van der Waals surface area contributed by atoms with Crippen molar-refractivity contribution < 1.29 is 4.74 Å². The number of morpholine rings is 1. The Morgan fingerprint density at radius 1 is 1.45 bits per heavy atom. The first-order valence-corrected chi connectivity index (χ1v) is 4.38. The van der Waals surface area contributed by atoms with Crippen LogP contribution in [0.25, 0.3) is 0 Å².